The molecule has 4 heterocycles. The average molecular weight is 524 g/mol. The molecular formula is C27H34FN7O3. The predicted octanol–water partition coefficient (Wildman–Crippen LogP) is 1.81. The maximum Gasteiger partial charge on any atom is 0.244 e. The van der Waals surface area contributed by atoms with E-state index in [1.54, 1.807) is 23.2 Å². The molecule has 2 saturated heterocycles. The van der Waals surface area contributed by atoms with Gasteiger partial charge in [-0.1, -0.05) is 12.8 Å². The van der Waals surface area contributed by atoms with Crippen molar-refractivity contribution in [2.75, 3.05) is 61.0 Å². The lowest BCUT2D eigenvalue weighted by atomic mass is 9.76. The lowest BCUT2D eigenvalue weighted by Gasteiger charge is -2.40. The number of nitrogens with zero attached hydrogens (tertiary/aromatic N) is 5. The standard InChI is InChI=1S/C27H34FN7O3/c28-21-15-19(5-6-22(21)34-11-9-33(10-12-34)13-14-36)31-26-30-17-18-16-27(7-8-29-24(27)37)25(38)35(23(18)32-26)20-3-1-2-4-20/h5-6,15,17,20,36H,1-4,7-14,16H2,(H,29,37)(H,30,31,32)/t27-/m1/s1. The lowest BCUT2D eigenvalue weighted by molar-refractivity contribution is -0.140. The molecule has 1 aromatic carbocycles. The van der Waals surface area contributed by atoms with Gasteiger partial charge in [0.05, 0.1) is 12.3 Å². The smallest absolute Gasteiger partial charge is 0.244 e. The Morgan fingerprint density at radius 1 is 1.16 bits per heavy atom. The van der Waals surface area contributed by atoms with Crippen molar-refractivity contribution in [2.45, 2.75) is 44.6 Å². The van der Waals surface area contributed by atoms with E-state index in [1.807, 2.05) is 4.90 Å². The van der Waals surface area contributed by atoms with Gasteiger partial charge < -0.3 is 20.6 Å². The Morgan fingerprint density at radius 3 is 2.63 bits per heavy atom. The van der Waals surface area contributed by atoms with Crippen LogP contribution in [0.4, 0.5) is 27.5 Å². The number of hydrogen-bond acceptors (Lipinski definition) is 8. The van der Waals surface area contributed by atoms with Gasteiger partial charge in [-0.3, -0.25) is 19.4 Å². The molecule has 2 aromatic rings. The summed E-state index contributed by atoms with van der Waals surface area (Å²) in [5, 5.41) is 15.1. The molecule has 3 N–H and O–H groups in total. The predicted molar refractivity (Wildman–Crippen MR) is 141 cm³/mol. The van der Waals surface area contributed by atoms with Crippen LogP contribution in [-0.2, 0) is 16.0 Å². The van der Waals surface area contributed by atoms with Gasteiger partial charge >= 0.3 is 0 Å². The highest BCUT2D eigenvalue weighted by Crippen LogP contribution is 2.44. The molecule has 0 bridgehead atoms. The number of hydrogen-bond donors (Lipinski definition) is 3. The third-order valence-corrected chi connectivity index (χ3v) is 8.49. The van der Waals surface area contributed by atoms with Crippen molar-refractivity contribution in [3.05, 3.63) is 35.8 Å². The monoisotopic (exact) mass is 523 g/mol. The first kappa shape index (κ1) is 25.0. The Labute approximate surface area is 221 Å². The number of aliphatic hydroxyl groups excluding tert-OH is 1. The molecule has 3 fully saturated rings. The fourth-order valence-corrected chi connectivity index (χ4v) is 6.39. The maximum absolute atomic E-state index is 15.1. The molecule has 2 amide bonds. The fraction of sp³-hybridized carbons (Fsp3) is 0.556. The molecule has 6 rings (SSSR count). The Bertz CT molecular complexity index is 1230. The zero-order valence-corrected chi connectivity index (χ0v) is 21.5. The molecule has 1 atom stereocenters. The highest BCUT2D eigenvalue weighted by Gasteiger charge is 2.56. The SMILES string of the molecule is O=C1NCC[C@@]12Cc1cnc(Nc3ccc(N4CCN(CCO)CC4)c(F)c3)nc1N(C1CCCC1)C2=O. The summed E-state index contributed by atoms with van der Waals surface area (Å²) in [6.07, 6.45) is 6.33. The van der Waals surface area contributed by atoms with E-state index in [9.17, 15) is 9.59 Å². The van der Waals surface area contributed by atoms with Crippen LogP contribution in [0.25, 0.3) is 0 Å². The molecule has 10 nitrogen and oxygen atoms in total. The topological polar surface area (TPSA) is 114 Å². The maximum atomic E-state index is 15.1. The van der Waals surface area contributed by atoms with Gasteiger partial charge in [-0.2, -0.15) is 4.98 Å². The van der Waals surface area contributed by atoms with Crippen molar-refractivity contribution in [1.29, 1.82) is 0 Å². The van der Waals surface area contributed by atoms with Crippen LogP contribution >= 0.6 is 0 Å². The van der Waals surface area contributed by atoms with Crippen LogP contribution in [0.2, 0.25) is 0 Å². The second kappa shape index (κ2) is 10.1. The van der Waals surface area contributed by atoms with Crippen molar-refractivity contribution in [3.8, 4) is 0 Å². The molecule has 1 saturated carbocycles. The number of carbonyl (C=O) groups is 2. The number of carbonyl (C=O) groups excluding carboxylic acids is 2. The zero-order valence-electron chi connectivity index (χ0n) is 21.5. The summed E-state index contributed by atoms with van der Waals surface area (Å²) < 4.78 is 15.1. The average Bonchev–Trinajstić information content (AvgIpc) is 3.57. The lowest BCUT2D eigenvalue weighted by Crippen LogP contribution is -2.56. The number of halogens is 1. The van der Waals surface area contributed by atoms with Crippen molar-refractivity contribution < 1.29 is 19.1 Å². The quantitative estimate of drug-likeness (QED) is 0.492. The summed E-state index contributed by atoms with van der Waals surface area (Å²) in [5.74, 6) is 0.147. The largest absolute Gasteiger partial charge is 0.395 e. The van der Waals surface area contributed by atoms with Gasteiger partial charge in [-0.25, -0.2) is 9.37 Å². The third kappa shape index (κ3) is 4.37. The number of amides is 2. The Balaban J connectivity index is 1.23. The van der Waals surface area contributed by atoms with Crippen LogP contribution in [0.5, 0.6) is 0 Å². The normalized spacial score (nSPS) is 24.3. The van der Waals surface area contributed by atoms with Gasteiger partial charge in [-0.15, -0.1) is 0 Å². The van der Waals surface area contributed by atoms with Crippen molar-refractivity contribution >= 4 is 35.0 Å². The molecule has 1 aromatic heterocycles. The van der Waals surface area contributed by atoms with Gasteiger partial charge in [0.1, 0.15) is 17.1 Å². The minimum Gasteiger partial charge on any atom is -0.395 e. The molecule has 4 aliphatic rings. The van der Waals surface area contributed by atoms with Crippen LogP contribution in [0.15, 0.2) is 24.4 Å². The molecule has 38 heavy (non-hydrogen) atoms. The van der Waals surface area contributed by atoms with E-state index in [1.165, 1.54) is 6.07 Å². The first-order chi connectivity index (χ1) is 18.5. The summed E-state index contributed by atoms with van der Waals surface area (Å²) in [4.78, 5) is 41.7. The summed E-state index contributed by atoms with van der Waals surface area (Å²) in [7, 11) is 0. The molecule has 0 radical (unpaired) electrons. The van der Waals surface area contributed by atoms with E-state index in [0.717, 1.165) is 44.3 Å². The molecular weight excluding hydrogens is 489 g/mol. The summed E-state index contributed by atoms with van der Waals surface area (Å²) >= 11 is 0. The van der Waals surface area contributed by atoms with Crippen molar-refractivity contribution in [1.82, 2.24) is 20.2 Å². The molecule has 3 aliphatic heterocycles. The van der Waals surface area contributed by atoms with E-state index in [-0.39, 0.29) is 36.2 Å². The van der Waals surface area contributed by atoms with Gasteiger partial charge in [-0.05, 0) is 37.5 Å². The summed E-state index contributed by atoms with van der Waals surface area (Å²) in [6.45, 7) is 4.22. The molecule has 1 aliphatic carbocycles. The molecule has 11 heteroatoms. The van der Waals surface area contributed by atoms with Crippen molar-refractivity contribution in [3.63, 3.8) is 0 Å². The van der Waals surface area contributed by atoms with Crippen LogP contribution in [0.1, 0.15) is 37.7 Å². The number of piperazine rings is 1. The number of fused-ring (bicyclic) bond motifs is 1. The second-order valence-corrected chi connectivity index (χ2v) is 10.8. The highest BCUT2D eigenvalue weighted by molar-refractivity contribution is 6.14. The first-order valence-corrected chi connectivity index (χ1v) is 13.6. The Morgan fingerprint density at radius 2 is 1.95 bits per heavy atom. The number of anilines is 4. The highest BCUT2D eigenvalue weighted by atomic mass is 19.1. The Hall–Kier alpha value is -3.31. The zero-order chi connectivity index (χ0) is 26.3. The van der Waals surface area contributed by atoms with E-state index < -0.39 is 5.41 Å². The van der Waals surface area contributed by atoms with E-state index in [4.69, 9.17) is 10.1 Å². The molecule has 202 valence electrons. The first-order valence-electron chi connectivity index (χ1n) is 13.6. The number of rotatable bonds is 6. The van der Waals surface area contributed by atoms with E-state index in [0.29, 0.717) is 56.2 Å². The minimum atomic E-state index is -1.07. The van der Waals surface area contributed by atoms with Crippen LogP contribution in [0.3, 0.4) is 0 Å². The molecule has 1 spiro atoms. The van der Waals surface area contributed by atoms with E-state index in [2.05, 4.69) is 20.5 Å². The number of aromatic nitrogens is 2. The summed E-state index contributed by atoms with van der Waals surface area (Å²) in [6, 6.07) is 5.02. The third-order valence-electron chi connectivity index (χ3n) is 8.49. The fourth-order valence-electron chi connectivity index (χ4n) is 6.39. The van der Waals surface area contributed by atoms with Gasteiger partial charge in [0.25, 0.3) is 0 Å². The number of benzene rings is 1. The minimum absolute atomic E-state index is 0.0177. The van der Waals surface area contributed by atoms with Gasteiger partial charge in [0.2, 0.25) is 17.8 Å². The van der Waals surface area contributed by atoms with Crippen LogP contribution in [-0.4, -0.2) is 83.7 Å². The Kier molecular flexibility index (Phi) is 6.65. The van der Waals surface area contributed by atoms with Gasteiger partial charge in [0.15, 0.2) is 0 Å². The van der Waals surface area contributed by atoms with E-state index >= 15 is 4.39 Å². The second-order valence-electron chi connectivity index (χ2n) is 10.8. The number of β-amino-alcohol motifs (C(OH)–C–C–N with tert-alkyl or cyclic N) is 1. The van der Waals surface area contributed by atoms with Gasteiger partial charge in [0, 0.05) is 69.2 Å². The van der Waals surface area contributed by atoms with Crippen LogP contribution in [0, 0.1) is 11.2 Å². The number of nitrogens with one attached hydrogen (secondary N) is 2. The van der Waals surface area contributed by atoms with Crippen LogP contribution < -0.4 is 20.4 Å². The summed E-state index contributed by atoms with van der Waals surface area (Å²) in [5.41, 5.74) is 0.784. The number of aliphatic hydroxyl groups is 1. The van der Waals surface area contributed by atoms with Crippen molar-refractivity contribution in [2.24, 2.45) is 5.41 Å². The molecule has 0 unspecified atom stereocenters.